The summed E-state index contributed by atoms with van der Waals surface area (Å²) in [5.41, 5.74) is 5.98. The van der Waals surface area contributed by atoms with Gasteiger partial charge in [0, 0.05) is 25.4 Å². The number of hydrogen-bond donors (Lipinski definition) is 2. The maximum Gasteiger partial charge on any atom is 0.221 e. The minimum atomic E-state index is 0.0731. The summed E-state index contributed by atoms with van der Waals surface area (Å²) in [6.45, 7) is 5.42. The van der Waals surface area contributed by atoms with Gasteiger partial charge in [-0.1, -0.05) is 33.1 Å². The average Bonchev–Trinajstić information content (AvgIpc) is 2.37. The number of amides is 1. The van der Waals surface area contributed by atoms with Crippen molar-refractivity contribution < 1.29 is 4.79 Å². The molecule has 0 radical (unpaired) electrons. The quantitative estimate of drug-likeness (QED) is 0.562. The number of rotatable bonds is 6. The minimum Gasteiger partial charge on any atom is -0.387 e. The summed E-state index contributed by atoms with van der Waals surface area (Å²) in [6.07, 6.45) is 6.61. The Labute approximate surface area is 110 Å². The molecule has 1 aliphatic carbocycles. The maximum absolute atomic E-state index is 11.5. The Bertz CT molecular complexity index is 281. The number of carbonyl (C=O) groups is 1. The van der Waals surface area contributed by atoms with Crippen molar-refractivity contribution in [2.75, 3.05) is 13.1 Å². The van der Waals surface area contributed by atoms with Crippen molar-refractivity contribution in [3.8, 4) is 0 Å². The van der Waals surface area contributed by atoms with Crippen molar-refractivity contribution in [1.29, 1.82) is 0 Å². The molecule has 104 valence electrons. The third kappa shape index (κ3) is 6.03. The van der Waals surface area contributed by atoms with E-state index >= 15 is 0 Å². The molecule has 0 unspecified atom stereocenters. The highest BCUT2D eigenvalue weighted by atomic mass is 16.1. The van der Waals surface area contributed by atoms with Gasteiger partial charge in [0.15, 0.2) is 0 Å². The van der Waals surface area contributed by atoms with Gasteiger partial charge in [0.1, 0.15) is 0 Å². The number of nitrogens with one attached hydrogen (secondary N) is 1. The summed E-state index contributed by atoms with van der Waals surface area (Å²) in [4.78, 5) is 15.8. The summed E-state index contributed by atoms with van der Waals surface area (Å²) in [6, 6.07) is 0. The van der Waals surface area contributed by atoms with Gasteiger partial charge >= 0.3 is 0 Å². The van der Waals surface area contributed by atoms with Gasteiger partial charge in [-0.3, -0.25) is 9.79 Å². The Balaban J connectivity index is 2.20. The molecule has 4 nitrogen and oxygen atoms in total. The molecule has 0 spiro atoms. The number of aliphatic imine (C=N–C) groups is 1. The van der Waals surface area contributed by atoms with E-state index in [4.69, 9.17) is 5.73 Å². The third-order valence-electron chi connectivity index (χ3n) is 3.36. The number of hydrogen-bond acceptors (Lipinski definition) is 2. The van der Waals surface area contributed by atoms with Gasteiger partial charge in [0.25, 0.3) is 0 Å². The van der Waals surface area contributed by atoms with E-state index in [-0.39, 0.29) is 5.91 Å². The van der Waals surface area contributed by atoms with Gasteiger partial charge in [-0.05, 0) is 18.8 Å². The van der Waals surface area contributed by atoms with Crippen LogP contribution >= 0.6 is 0 Å². The lowest BCUT2D eigenvalue weighted by Crippen LogP contribution is -2.29. The topological polar surface area (TPSA) is 67.5 Å². The van der Waals surface area contributed by atoms with E-state index in [0.717, 1.165) is 25.2 Å². The first-order chi connectivity index (χ1) is 8.59. The van der Waals surface area contributed by atoms with Crippen molar-refractivity contribution in [3.63, 3.8) is 0 Å². The molecule has 0 heterocycles. The van der Waals surface area contributed by atoms with Crippen LogP contribution in [0, 0.1) is 11.8 Å². The predicted octanol–water partition coefficient (Wildman–Crippen LogP) is 2.09. The number of carbonyl (C=O) groups excluding carboxylic acids is 1. The Kier molecular flexibility index (Phi) is 6.76. The first-order valence-electron chi connectivity index (χ1n) is 7.16. The van der Waals surface area contributed by atoms with Crippen molar-refractivity contribution in [1.82, 2.24) is 5.32 Å². The van der Waals surface area contributed by atoms with Gasteiger partial charge in [0.05, 0.1) is 5.84 Å². The first-order valence-corrected chi connectivity index (χ1v) is 7.16. The van der Waals surface area contributed by atoms with E-state index in [2.05, 4.69) is 24.2 Å². The summed E-state index contributed by atoms with van der Waals surface area (Å²) >= 11 is 0. The molecule has 4 heteroatoms. The van der Waals surface area contributed by atoms with Gasteiger partial charge in [-0.25, -0.2) is 0 Å². The molecule has 0 atom stereocenters. The van der Waals surface area contributed by atoms with Gasteiger partial charge in [0.2, 0.25) is 5.91 Å². The highest BCUT2D eigenvalue weighted by Gasteiger charge is 2.16. The molecule has 1 aliphatic rings. The maximum atomic E-state index is 11.5. The lowest BCUT2D eigenvalue weighted by molar-refractivity contribution is -0.121. The molecule has 1 fully saturated rings. The molecule has 0 aliphatic heterocycles. The van der Waals surface area contributed by atoms with E-state index in [0.29, 0.717) is 24.8 Å². The molecule has 0 aromatic carbocycles. The van der Waals surface area contributed by atoms with Crippen LogP contribution in [-0.2, 0) is 4.79 Å². The lowest BCUT2D eigenvalue weighted by atomic mass is 9.88. The Morgan fingerprint density at radius 3 is 2.61 bits per heavy atom. The zero-order valence-corrected chi connectivity index (χ0v) is 11.7. The molecule has 0 saturated heterocycles. The van der Waals surface area contributed by atoms with Crippen LogP contribution in [0.2, 0.25) is 0 Å². The number of nitrogens with zero attached hydrogens (tertiary/aromatic N) is 1. The van der Waals surface area contributed by atoms with Crippen molar-refractivity contribution in [3.05, 3.63) is 0 Å². The lowest BCUT2D eigenvalue weighted by Gasteiger charge is -2.20. The SMILES string of the molecule is CC(C)CNC(=O)CCN=C(N)C1CCCCC1. The Hall–Kier alpha value is -1.06. The minimum absolute atomic E-state index is 0.0731. The van der Waals surface area contributed by atoms with Crippen LogP contribution in [0.3, 0.4) is 0 Å². The van der Waals surface area contributed by atoms with Gasteiger partial charge in [-0.2, -0.15) is 0 Å². The summed E-state index contributed by atoms with van der Waals surface area (Å²) in [5, 5.41) is 2.89. The van der Waals surface area contributed by atoms with E-state index in [1.54, 1.807) is 0 Å². The van der Waals surface area contributed by atoms with Crippen LogP contribution in [0.1, 0.15) is 52.4 Å². The second kappa shape index (κ2) is 8.11. The van der Waals surface area contributed by atoms with Crippen molar-refractivity contribution in [2.24, 2.45) is 22.6 Å². The predicted molar refractivity (Wildman–Crippen MR) is 75.5 cm³/mol. The zero-order chi connectivity index (χ0) is 13.4. The highest BCUT2D eigenvalue weighted by molar-refractivity contribution is 5.83. The van der Waals surface area contributed by atoms with Crippen LogP contribution in [0.25, 0.3) is 0 Å². The monoisotopic (exact) mass is 253 g/mol. The molecule has 3 N–H and O–H groups in total. The van der Waals surface area contributed by atoms with E-state index < -0.39 is 0 Å². The number of nitrogens with two attached hydrogens (primary N) is 1. The second-order valence-corrected chi connectivity index (χ2v) is 5.59. The van der Waals surface area contributed by atoms with Crippen LogP contribution < -0.4 is 11.1 Å². The molecule has 1 saturated carbocycles. The second-order valence-electron chi connectivity index (χ2n) is 5.59. The number of amidine groups is 1. The van der Waals surface area contributed by atoms with E-state index in [1.807, 2.05) is 0 Å². The largest absolute Gasteiger partial charge is 0.387 e. The molecule has 0 aromatic heterocycles. The van der Waals surface area contributed by atoms with Gasteiger partial charge < -0.3 is 11.1 Å². The third-order valence-corrected chi connectivity index (χ3v) is 3.36. The summed E-state index contributed by atoms with van der Waals surface area (Å²) < 4.78 is 0. The molecule has 1 amide bonds. The summed E-state index contributed by atoms with van der Waals surface area (Å²) in [5.74, 6) is 1.78. The molecule has 18 heavy (non-hydrogen) atoms. The smallest absolute Gasteiger partial charge is 0.221 e. The average molecular weight is 253 g/mol. The van der Waals surface area contributed by atoms with Crippen LogP contribution in [0.5, 0.6) is 0 Å². The first kappa shape index (κ1) is 15.0. The van der Waals surface area contributed by atoms with Crippen molar-refractivity contribution >= 4 is 11.7 Å². The van der Waals surface area contributed by atoms with Crippen LogP contribution in [0.4, 0.5) is 0 Å². The molecule has 1 rings (SSSR count). The summed E-state index contributed by atoms with van der Waals surface area (Å²) in [7, 11) is 0. The molecular weight excluding hydrogens is 226 g/mol. The molecular formula is C14H27N3O. The fourth-order valence-corrected chi connectivity index (χ4v) is 2.22. The fraction of sp³-hybridized carbons (Fsp3) is 0.857. The standard InChI is InChI=1S/C14H27N3O/c1-11(2)10-17-13(18)8-9-16-14(15)12-6-4-3-5-7-12/h11-12H,3-10H2,1-2H3,(H2,15,16)(H,17,18). The molecule has 0 bridgehead atoms. The Morgan fingerprint density at radius 1 is 1.33 bits per heavy atom. The highest BCUT2D eigenvalue weighted by Crippen LogP contribution is 2.23. The van der Waals surface area contributed by atoms with Crippen LogP contribution in [-0.4, -0.2) is 24.8 Å². The molecule has 0 aromatic rings. The normalized spacial score (nSPS) is 18.1. The van der Waals surface area contributed by atoms with E-state index in [1.165, 1.54) is 19.3 Å². The van der Waals surface area contributed by atoms with Crippen molar-refractivity contribution in [2.45, 2.75) is 52.4 Å². The zero-order valence-electron chi connectivity index (χ0n) is 11.7. The van der Waals surface area contributed by atoms with Crippen LogP contribution in [0.15, 0.2) is 4.99 Å². The van der Waals surface area contributed by atoms with Gasteiger partial charge in [-0.15, -0.1) is 0 Å². The Morgan fingerprint density at radius 2 is 2.00 bits per heavy atom. The van der Waals surface area contributed by atoms with E-state index in [9.17, 15) is 4.79 Å². The fourth-order valence-electron chi connectivity index (χ4n) is 2.22.